The van der Waals surface area contributed by atoms with Gasteiger partial charge in [0, 0.05) is 5.02 Å². The van der Waals surface area contributed by atoms with E-state index in [1.54, 1.807) is 12.1 Å². The molecule has 0 aliphatic heterocycles. The molecule has 0 nitrogen and oxygen atoms in total. The number of alkyl halides is 1. The molecule has 0 fully saturated rings. The van der Waals surface area contributed by atoms with Gasteiger partial charge in [0.25, 0.3) is 0 Å². The summed E-state index contributed by atoms with van der Waals surface area (Å²) in [5, 5.41) is 0.724. The lowest BCUT2D eigenvalue weighted by Gasteiger charge is -2.08. The highest BCUT2D eigenvalue weighted by molar-refractivity contribution is 6.31. The van der Waals surface area contributed by atoms with E-state index < -0.39 is 6.67 Å². The Labute approximate surface area is 77.4 Å². The van der Waals surface area contributed by atoms with Gasteiger partial charge in [0.1, 0.15) is 6.67 Å². The molecule has 0 saturated heterocycles. The van der Waals surface area contributed by atoms with Gasteiger partial charge in [-0.1, -0.05) is 37.6 Å². The first kappa shape index (κ1) is 9.53. The third kappa shape index (κ3) is 1.98. The first-order valence-corrected chi connectivity index (χ1v) is 4.37. The molecule has 0 unspecified atom stereocenters. The average Bonchev–Trinajstić information content (AvgIpc) is 2.05. The Morgan fingerprint density at radius 3 is 2.58 bits per heavy atom. The first-order valence-electron chi connectivity index (χ1n) is 3.99. The molecule has 0 aromatic heterocycles. The maximum absolute atomic E-state index is 12.3. The van der Waals surface area contributed by atoms with E-state index in [0.29, 0.717) is 11.5 Å². The van der Waals surface area contributed by atoms with E-state index in [1.165, 1.54) is 0 Å². The predicted octanol–water partition coefficient (Wildman–Crippen LogP) is 3.93. The SMILES string of the molecule is CC(C)c1cc(CF)ccc1Cl. The minimum Gasteiger partial charge on any atom is -0.246 e. The monoisotopic (exact) mass is 186 g/mol. The Morgan fingerprint density at radius 1 is 1.42 bits per heavy atom. The maximum Gasteiger partial charge on any atom is 0.115 e. The summed E-state index contributed by atoms with van der Waals surface area (Å²) < 4.78 is 12.3. The maximum atomic E-state index is 12.3. The van der Waals surface area contributed by atoms with Crippen LogP contribution in [0.15, 0.2) is 18.2 Å². The minimum absolute atomic E-state index is 0.351. The summed E-state index contributed by atoms with van der Waals surface area (Å²) in [6.07, 6.45) is 0. The van der Waals surface area contributed by atoms with E-state index in [9.17, 15) is 4.39 Å². The zero-order valence-electron chi connectivity index (χ0n) is 7.27. The van der Waals surface area contributed by atoms with Crippen molar-refractivity contribution in [3.63, 3.8) is 0 Å². The molecule has 66 valence electrons. The van der Waals surface area contributed by atoms with Crippen LogP contribution in [-0.2, 0) is 6.67 Å². The summed E-state index contributed by atoms with van der Waals surface area (Å²) in [5.41, 5.74) is 1.72. The van der Waals surface area contributed by atoms with Gasteiger partial charge in [0.15, 0.2) is 0 Å². The van der Waals surface area contributed by atoms with Gasteiger partial charge in [0.05, 0.1) is 0 Å². The molecule has 0 amide bonds. The van der Waals surface area contributed by atoms with Crippen molar-refractivity contribution in [1.29, 1.82) is 0 Å². The fraction of sp³-hybridized carbons (Fsp3) is 0.400. The van der Waals surface area contributed by atoms with Crippen molar-refractivity contribution in [2.45, 2.75) is 26.4 Å². The van der Waals surface area contributed by atoms with Crippen LogP contribution in [0.2, 0.25) is 5.02 Å². The molecular weight excluding hydrogens is 175 g/mol. The lowest BCUT2D eigenvalue weighted by Crippen LogP contribution is -1.90. The largest absolute Gasteiger partial charge is 0.246 e. The molecule has 0 aliphatic rings. The van der Waals surface area contributed by atoms with Crippen molar-refractivity contribution in [1.82, 2.24) is 0 Å². The summed E-state index contributed by atoms with van der Waals surface area (Å²) in [4.78, 5) is 0. The van der Waals surface area contributed by atoms with E-state index in [0.717, 1.165) is 10.6 Å². The van der Waals surface area contributed by atoms with Gasteiger partial charge in [-0.25, -0.2) is 4.39 Å². The van der Waals surface area contributed by atoms with Crippen molar-refractivity contribution < 1.29 is 4.39 Å². The lowest BCUT2D eigenvalue weighted by atomic mass is 10.0. The second-order valence-electron chi connectivity index (χ2n) is 3.14. The Hall–Kier alpha value is -0.560. The van der Waals surface area contributed by atoms with Gasteiger partial charge in [-0.2, -0.15) is 0 Å². The molecule has 12 heavy (non-hydrogen) atoms. The first-order chi connectivity index (χ1) is 5.65. The van der Waals surface area contributed by atoms with E-state index in [4.69, 9.17) is 11.6 Å². The van der Waals surface area contributed by atoms with Gasteiger partial charge >= 0.3 is 0 Å². The third-order valence-corrected chi connectivity index (χ3v) is 2.18. The fourth-order valence-electron chi connectivity index (χ4n) is 1.12. The standard InChI is InChI=1S/C10H12ClF/c1-7(2)9-5-8(6-12)3-4-10(9)11/h3-5,7H,6H2,1-2H3. The highest BCUT2D eigenvalue weighted by Crippen LogP contribution is 2.25. The molecule has 0 radical (unpaired) electrons. The molecule has 0 atom stereocenters. The second-order valence-corrected chi connectivity index (χ2v) is 3.55. The highest BCUT2D eigenvalue weighted by Gasteiger charge is 2.05. The van der Waals surface area contributed by atoms with Crippen LogP contribution in [0.3, 0.4) is 0 Å². The predicted molar refractivity (Wildman–Crippen MR) is 50.4 cm³/mol. The molecule has 0 bridgehead atoms. The molecule has 1 aromatic carbocycles. The Kier molecular flexibility index (Phi) is 3.10. The zero-order valence-corrected chi connectivity index (χ0v) is 8.03. The molecule has 2 heteroatoms. The van der Waals surface area contributed by atoms with Crippen molar-refractivity contribution in [2.24, 2.45) is 0 Å². The molecular formula is C10H12ClF. The highest BCUT2D eigenvalue weighted by atomic mass is 35.5. The summed E-state index contributed by atoms with van der Waals surface area (Å²) >= 11 is 5.93. The quantitative estimate of drug-likeness (QED) is 0.657. The lowest BCUT2D eigenvalue weighted by molar-refractivity contribution is 0.485. The van der Waals surface area contributed by atoms with E-state index in [-0.39, 0.29) is 0 Å². The van der Waals surface area contributed by atoms with Crippen molar-refractivity contribution in [3.8, 4) is 0 Å². The third-order valence-electron chi connectivity index (χ3n) is 1.84. The topological polar surface area (TPSA) is 0 Å². The van der Waals surface area contributed by atoms with Crippen molar-refractivity contribution in [2.75, 3.05) is 0 Å². The Bertz CT molecular complexity index is 269. The van der Waals surface area contributed by atoms with Gasteiger partial charge < -0.3 is 0 Å². The summed E-state index contributed by atoms with van der Waals surface area (Å²) in [5.74, 6) is 0.351. The Balaban J connectivity index is 3.08. The molecule has 0 heterocycles. The molecule has 0 saturated carbocycles. The van der Waals surface area contributed by atoms with Crippen molar-refractivity contribution >= 4 is 11.6 Å². The molecule has 0 N–H and O–H groups in total. The number of rotatable bonds is 2. The van der Waals surface area contributed by atoms with Gasteiger partial charge in [-0.3, -0.25) is 0 Å². The van der Waals surface area contributed by atoms with E-state index >= 15 is 0 Å². The summed E-state index contributed by atoms with van der Waals surface area (Å²) in [7, 11) is 0. The van der Waals surface area contributed by atoms with Crippen LogP contribution in [0.1, 0.15) is 30.9 Å². The molecule has 0 spiro atoms. The average molecular weight is 187 g/mol. The van der Waals surface area contributed by atoms with Crippen molar-refractivity contribution in [3.05, 3.63) is 34.3 Å². The van der Waals surface area contributed by atoms with Gasteiger partial charge in [-0.15, -0.1) is 0 Å². The summed E-state index contributed by atoms with van der Waals surface area (Å²) in [6.45, 7) is 3.67. The van der Waals surface area contributed by atoms with Crippen LogP contribution < -0.4 is 0 Å². The van der Waals surface area contributed by atoms with Crippen LogP contribution in [0.25, 0.3) is 0 Å². The van der Waals surface area contributed by atoms with Crippen LogP contribution in [0, 0.1) is 0 Å². The van der Waals surface area contributed by atoms with E-state index in [1.807, 2.05) is 19.9 Å². The molecule has 1 rings (SSSR count). The van der Waals surface area contributed by atoms with E-state index in [2.05, 4.69) is 0 Å². The number of hydrogen-bond donors (Lipinski definition) is 0. The zero-order chi connectivity index (χ0) is 9.14. The normalized spacial score (nSPS) is 10.8. The number of benzene rings is 1. The Morgan fingerprint density at radius 2 is 2.08 bits per heavy atom. The van der Waals surface area contributed by atoms with Gasteiger partial charge in [-0.05, 0) is 23.1 Å². The number of halogens is 2. The van der Waals surface area contributed by atoms with Crippen LogP contribution >= 0.6 is 11.6 Å². The fourth-order valence-corrected chi connectivity index (χ4v) is 1.45. The van der Waals surface area contributed by atoms with Crippen LogP contribution in [-0.4, -0.2) is 0 Å². The van der Waals surface area contributed by atoms with Crippen LogP contribution in [0.5, 0.6) is 0 Å². The summed E-state index contributed by atoms with van der Waals surface area (Å²) in [6, 6.07) is 5.30. The van der Waals surface area contributed by atoms with Gasteiger partial charge in [0.2, 0.25) is 0 Å². The second kappa shape index (κ2) is 3.90. The molecule has 1 aromatic rings. The minimum atomic E-state index is -0.420. The smallest absolute Gasteiger partial charge is 0.115 e. The number of hydrogen-bond acceptors (Lipinski definition) is 0. The van der Waals surface area contributed by atoms with Crippen LogP contribution in [0.4, 0.5) is 4.39 Å². The molecule has 0 aliphatic carbocycles.